The second-order valence-corrected chi connectivity index (χ2v) is 6.42. The Morgan fingerprint density at radius 1 is 0.963 bits per heavy atom. The van der Waals surface area contributed by atoms with Crippen molar-refractivity contribution in [1.82, 2.24) is 5.32 Å². The van der Waals surface area contributed by atoms with E-state index < -0.39 is 0 Å². The van der Waals surface area contributed by atoms with E-state index in [4.69, 9.17) is 9.47 Å². The highest BCUT2D eigenvalue weighted by molar-refractivity contribution is 5.97. The molecule has 0 spiro atoms. The standard InChI is InChI=1S/C21H26N2O4/c1-14-8-15(2)10-18(9-14)23(16(3)24)13-21(25)22-12-17-6-7-19(26-4)20(11-17)27-5/h6-11H,12-13H2,1-5H3,(H,22,25). The summed E-state index contributed by atoms with van der Waals surface area (Å²) in [6.07, 6.45) is 0. The third-order valence-corrected chi connectivity index (χ3v) is 4.14. The Hall–Kier alpha value is -3.02. The fraction of sp³-hybridized carbons (Fsp3) is 0.333. The Morgan fingerprint density at radius 3 is 2.15 bits per heavy atom. The SMILES string of the molecule is COc1ccc(CNC(=O)CN(C(C)=O)c2cc(C)cc(C)c2)cc1OC. The highest BCUT2D eigenvalue weighted by Gasteiger charge is 2.16. The van der Waals surface area contributed by atoms with Gasteiger partial charge in [-0.05, 0) is 54.8 Å². The summed E-state index contributed by atoms with van der Waals surface area (Å²) >= 11 is 0. The first kappa shape index (κ1) is 20.3. The molecule has 0 heterocycles. The molecule has 0 aliphatic heterocycles. The van der Waals surface area contributed by atoms with E-state index in [0.717, 1.165) is 22.4 Å². The molecule has 0 aromatic heterocycles. The number of nitrogens with one attached hydrogen (secondary N) is 1. The van der Waals surface area contributed by atoms with E-state index in [1.54, 1.807) is 20.3 Å². The Bertz CT molecular complexity index is 813. The van der Waals surface area contributed by atoms with Crippen molar-refractivity contribution in [3.8, 4) is 11.5 Å². The van der Waals surface area contributed by atoms with Crippen molar-refractivity contribution >= 4 is 17.5 Å². The number of nitrogens with zero attached hydrogens (tertiary/aromatic N) is 1. The fourth-order valence-corrected chi connectivity index (χ4v) is 2.88. The van der Waals surface area contributed by atoms with Gasteiger partial charge < -0.3 is 19.7 Å². The van der Waals surface area contributed by atoms with Crippen LogP contribution in [0.4, 0.5) is 5.69 Å². The Balaban J connectivity index is 2.05. The smallest absolute Gasteiger partial charge is 0.240 e. The minimum absolute atomic E-state index is 0.0362. The zero-order chi connectivity index (χ0) is 20.0. The van der Waals surface area contributed by atoms with Gasteiger partial charge in [-0.15, -0.1) is 0 Å². The number of ether oxygens (including phenoxy) is 2. The number of methoxy groups -OCH3 is 2. The van der Waals surface area contributed by atoms with Crippen LogP contribution in [-0.2, 0) is 16.1 Å². The number of aryl methyl sites for hydroxylation is 2. The summed E-state index contributed by atoms with van der Waals surface area (Å²) in [5.41, 5.74) is 3.69. The van der Waals surface area contributed by atoms with Crippen LogP contribution in [0.1, 0.15) is 23.6 Å². The molecule has 144 valence electrons. The summed E-state index contributed by atoms with van der Waals surface area (Å²) in [5, 5.41) is 2.84. The summed E-state index contributed by atoms with van der Waals surface area (Å²) < 4.78 is 10.5. The van der Waals surface area contributed by atoms with E-state index in [-0.39, 0.29) is 18.4 Å². The molecule has 0 atom stereocenters. The molecule has 2 aromatic rings. The first-order valence-electron chi connectivity index (χ1n) is 8.68. The molecular formula is C21H26N2O4. The first-order valence-corrected chi connectivity index (χ1v) is 8.68. The van der Waals surface area contributed by atoms with E-state index in [1.807, 2.05) is 44.2 Å². The van der Waals surface area contributed by atoms with Crippen LogP contribution in [0.2, 0.25) is 0 Å². The first-order chi connectivity index (χ1) is 12.8. The van der Waals surface area contributed by atoms with Gasteiger partial charge in [0.05, 0.1) is 14.2 Å². The lowest BCUT2D eigenvalue weighted by Crippen LogP contribution is -2.39. The fourth-order valence-electron chi connectivity index (χ4n) is 2.88. The van der Waals surface area contributed by atoms with Crippen LogP contribution in [0.5, 0.6) is 11.5 Å². The van der Waals surface area contributed by atoms with Gasteiger partial charge >= 0.3 is 0 Å². The van der Waals surface area contributed by atoms with E-state index in [1.165, 1.54) is 11.8 Å². The van der Waals surface area contributed by atoms with Crippen molar-refractivity contribution in [3.05, 3.63) is 53.1 Å². The van der Waals surface area contributed by atoms with Crippen LogP contribution >= 0.6 is 0 Å². The lowest BCUT2D eigenvalue weighted by molar-refractivity contribution is -0.123. The summed E-state index contributed by atoms with van der Waals surface area (Å²) in [6, 6.07) is 11.3. The summed E-state index contributed by atoms with van der Waals surface area (Å²) in [6.45, 7) is 5.68. The maximum absolute atomic E-state index is 12.4. The minimum Gasteiger partial charge on any atom is -0.493 e. The van der Waals surface area contributed by atoms with Gasteiger partial charge in [-0.25, -0.2) is 0 Å². The van der Waals surface area contributed by atoms with Crippen molar-refractivity contribution in [1.29, 1.82) is 0 Å². The van der Waals surface area contributed by atoms with Gasteiger partial charge in [-0.2, -0.15) is 0 Å². The molecule has 0 aliphatic rings. The van der Waals surface area contributed by atoms with Crippen molar-refractivity contribution in [2.24, 2.45) is 0 Å². The molecule has 1 N–H and O–H groups in total. The molecule has 0 saturated carbocycles. The highest BCUT2D eigenvalue weighted by atomic mass is 16.5. The third-order valence-electron chi connectivity index (χ3n) is 4.14. The molecule has 0 fully saturated rings. The molecule has 2 rings (SSSR count). The quantitative estimate of drug-likeness (QED) is 0.814. The van der Waals surface area contributed by atoms with Crippen LogP contribution in [-0.4, -0.2) is 32.6 Å². The van der Waals surface area contributed by atoms with Gasteiger partial charge in [0.1, 0.15) is 6.54 Å². The number of benzene rings is 2. The summed E-state index contributed by atoms with van der Waals surface area (Å²) in [5.74, 6) is 0.815. The molecular weight excluding hydrogens is 344 g/mol. The van der Waals surface area contributed by atoms with Crippen molar-refractivity contribution in [2.75, 3.05) is 25.7 Å². The second kappa shape index (κ2) is 9.07. The predicted molar refractivity (Wildman–Crippen MR) is 105 cm³/mol. The lowest BCUT2D eigenvalue weighted by atomic mass is 10.1. The normalized spacial score (nSPS) is 10.3. The van der Waals surface area contributed by atoms with Crippen LogP contribution in [0.3, 0.4) is 0 Å². The molecule has 0 saturated heterocycles. The van der Waals surface area contributed by atoms with Crippen LogP contribution in [0.25, 0.3) is 0 Å². The number of hydrogen-bond donors (Lipinski definition) is 1. The van der Waals surface area contributed by atoms with Crippen molar-refractivity contribution in [3.63, 3.8) is 0 Å². The number of carbonyl (C=O) groups excluding carboxylic acids is 2. The van der Waals surface area contributed by atoms with Gasteiger partial charge in [0, 0.05) is 19.2 Å². The van der Waals surface area contributed by atoms with E-state index in [9.17, 15) is 9.59 Å². The Morgan fingerprint density at radius 2 is 1.59 bits per heavy atom. The van der Waals surface area contributed by atoms with Gasteiger partial charge in [0.25, 0.3) is 0 Å². The van der Waals surface area contributed by atoms with Crippen LogP contribution < -0.4 is 19.7 Å². The van der Waals surface area contributed by atoms with E-state index in [0.29, 0.717) is 18.0 Å². The van der Waals surface area contributed by atoms with Crippen molar-refractivity contribution < 1.29 is 19.1 Å². The van der Waals surface area contributed by atoms with Crippen LogP contribution in [0, 0.1) is 13.8 Å². The summed E-state index contributed by atoms with van der Waals surface area (Å²) in [4.78, 5) is 25.9. The number of amides is 2. The van der Waals surface area contributed by atoms with Gasteiger partial charge in [-0.3, -0.25) is 9.59 Å². The molecule has 0 bridgehead atoms. The largest absolute Gasteiger partial charge is 0.493 e. The van der Waals surface area contributed by atoms with Gasteiger partial charge in [-0.1, -0.05) is 12.1 Å². The molecule has 6 heteroatoms. The lowest BCUT2D eigenvalue weighted by Gasteiger charge is -2.22. The van der Waals surface area contributed by atoms with Crippen molar-refractivity contribution in [2.45, 2.75) is 27.3 Å². The topological polar surface area (TPSA) is 67.9 Å². The van der Waals surface area contributed by atoms with Crippen LogP contribution in [0.15, 0.2) is 36.4 Å². The Kier molecular flexibility index (Phi) is 6.82. The molecule has 2 amide bonds. The summed E-state index contributed by atoms with van der Waals surface area (Å²) in [7, 11) is 3.14. The Labute approximate surface area is 160 Å². The third kappa shape index (κ3) is 5.48. The number of rotatable bonds is 7. The number of anilines is 1. The minimum atomic E-state index is -0.237. The number of carbonyl (C=O) groups is 2. The predicted octanol–water partition coefficient (Wildman–Crippen LogP) is 2.99. The van der Waals surface area contributed by atoms with Gasteiger partial charge in [0.15, 0.2) is 11.5 Å². The zero-order valence-corrected chi connectivity index (χ0v) is 16.5. The molecule has 0 unspecified atom stereocenters. The molecule has 27 heavy (non-hydrogen) atoms. The second-order valence-electron chi connectivity index (χ2n) is 6.42. The molecule has 0 aliphatic carbocycles. The average Bonchev–Trinajstić information content (AvgIpc) is 2.63. The molecule has 0 radical (unpaired) electrons. The van der Waals surface area contributed by atoms with E-state index in [2.05, 4.69) is 5.32 Å². The average molecular weight is 370 g/mol. The highest BCUT2D eigenvalue weighted by Crippen LogP contribution is 2.27. The van der Waals surface area contributed by atoms with Gasteiger partial charge in [0.2, 0.25) is 11.8 Å². The zero-order valence-electron chi connectivity index (χ0n) is 16.5. The molecule has 6 nitrogen and oxygen atoms in total. The number of hydrogen-bond acceptors (Lipinski definition) is 4. The monoisotopic (exact) mass is 370 g/mol. The maximum atomic E-state index is 12.4. The molecule has 2 aromatic carbocycles. The maximum Gasteiger partial charge on any atom is 0.240 e. The van der Waals surface area contributed by atoms with E-state index >= 15 is 0 Å².